The summed E-state index contributed by atoms with van der Waals surface area (Å²) in [5.41, 5.74) is 20.1. The van der Waals surface area contributed by atoms with Crippen LogP contribution in [-0.4, -0.2) is 0 Å². The number of para-hydroxylation sites is 3. The van der Waals surface area contributed by atoms with Crippen LogP contribution in [0.3, 0.4) is 0 Å². The summed E-state index contributed by atoms with van der Waals surface area (Å²) < 4.78 is 6.40. The molecule has 1 heterocycles. The van der Waals surface area contributed by atoms with Crippen LogP contribution in [0.1, 0.15) is 22.3 Å². The maximum absolute atomic E-state index is 6.40. The van der Waals surface area contributed by atoms with Gasteiger partial charge in [0.25, 0.3) is 0 Å². The van der Waals surface area contributed by atoms with Crippen LogP contribution in [0.15, 0.2) is 217 Å². The van der Waals surface area contributed by atoms with Gasteiger partial charge in [0.15, 0.2) is 0 Å². The zero-order valence-corrected chi connectivity index (χ0v) is 31.1. The molecule has 2 nitrogen and oxygen atoms in total. The molecule has 0 unspecified atom stereocenters. The van der Waals surface area contributed by atoms with E-state index >= 15 is 0 Å². The van der Waals surface area contributed by atoms with Crippen molar-refractivity contribution in [2.24, 2.45) is 0 Å². The van der Waals surface area contributed by atoms with E-state index < -0.39 is 5.41 Å². The van der Waals surface area contributed by atoms with E-state index in [4.69, 9.17) is 4.42 Å². The van der Waals surface area contributed by atoms with Crippen molar-refractivity contribution < 1.29 is 4.42 Å². The number of hydrogen-bond donors (Lipinski definition) is 0. The summed E-state index contributed by atoms with van der Waals surface area (Å²) >= 11 is 0. The first-order chi connectivity index (χ1) is 28.3. The van der Waals surface area contributed by atoms with Crippen LogP contribution < -0.4 is 4.90 Å². The summed E-state index contributed by atoms with van der Waals surface area (Å²) in [6.07, 6.45) is 0. The molecule has 10 aromatic rings. The molecule has 0 atom stereocenters. The number of nitrogens with zero attached hydrogens (tertiary/aromatic N) is 1. The highest BCUT2D eigenvalue weighted by Gasteiger charge is 2.52. The molecule has 0 saturated heterocycles. The molecule has 9 aromatic carbocycles. The van der Waals surface area contributed by atoms with Crippen molar-refractivity contribution >= 4 is 39.0 Å². The lowest BCUT2D eigenvalue weighted by Crippen LogP contribution is -2.26. The second-order valence-corrected chi connectivity index (χ2v) is 15.2. The third-order valence-corrected chi connectivity index (χ3v) is 12.3. The molecule has 1 aromatic heterocycles. The summed E-state index contributed by atoms with van der Waals surface area (Å²) in [6, 6.07) is 77.3. The predicted octanol–water partition coefficient (Wildman–Crippen LogP) is 14.7. The molecule has 0 fully saturated rings. The molecule has 2 aliphatic rings. The zero-order chi connectivity index (χ0) is 37.5. The zero-order valence-electron chi connectivity index (χ0n) is 31.1. The number of anilines is 3. The van der Waals surface area contributed by atoms with E-state index in [-0.39, 0.29) is 0 Å². The molecule has 266 valence electrons. The Morgan fingerprint density at radius 1 is 0.316 bits per heavy atom. The van der Waals surface area contributed by atoms with Gasteiger partial charge >= 0.3 is 0 Å². The van der Waals surface area contributed by atoms with Gasteiger partial charge in [-0.1, -0.05) is 170 Å². The third-order valence-electron chi connectivity index (χ3n) is 12.3. The first kappa shape index (κ1) is 31.9. The maximum atomic E-state index is 6.40. The Balaban J connectivity index is 0.980. The van der Waals surface area contributed by atoms with E-state index in [1.54, 1.807) is 0 Å². The van der Waals surface area contributed by atoms with Crippen LogP contribution in [-0.2, 0) is 5.41 Å². The quantitative estimate of drug-likeness (QED) is 0.176. The van der Waals surface area contributed by atoms with Gasteiger partial charge in [-0.25, -0.2) is 0 Å². The Morgan fingerprint density at radius 3 is 1.40 bits per heavy atom. The summed E-state index contributed by atoms with van der Waals surface area (Å²) in [5, 5.41) is 2.28. The molecule has 2 aliphatic carbocycles. The first-order valence-corrected chi connectivity index (χ1v) is 19.7. The largest absolute Gasteiger partial charge is 0.455 e. The topological polar surface area (TPSA) is 16.4 Å². The van der Waals surface area contributed by atoms with Crippen molar-refractivity contribution in [2.75, 3.05) is 4.90 Å². The van der Waals surface area contributed by atoms with E-state index in [0.29, 0.717) is 0 Å². The molecular weight excluding hydrogens is 691 g/mol. The van der Waals surface area contributed by atoms with Gasteiger partial charge in [-0.15, -0.1) is 0 Å². The van der Waals surface area contributed by atoms with Gasteiger partial charge in [0.2, 0.25) is 0 Å². The van der Waals surface area contributed by atoms with Crippen molar-refractivity contribution in [1.29, 1.82) is 0 Å². The number of fused-ring (bicyclic) bond motifs is 13. The van der Waals surface area contributed by atoms with Crippen molar-refractivity contribution in [2.45, 2.75) is 5.41 Å². The van der Waals surface area contributed by atoms with Crippen LogP contribution in [0.2, 0.25) is 0 Å². The Morgan fingerprint density at radius 2 is 0.754 bits per heavy atom. The summed E-state index contributed by atoms with van der Waals surface area (Å²) in [4.78, 5) is 2.34. The molecule has 2 heteroatoms. The monoisotopic (exact) mass is 725 g/mol. The molecule has 12 rings (SSSR count). The molecule has 0 aliphatic heterocycles. The number of rotatable bonds is 5. The Labute approximate surface area is 331 Å². The number of furan rings is 1. The van der Waals surface area contributed by atoms with Gasteiger partial charge in [-0.2, -0.15) is 0 Å². The third kappa shape index (κ3) is 4.53. The van der Waals surface area contributed by atoms with E-state index in [1.165, 1.54) is 55.6 Å². The lowest BCUT2D eigenvalue weighted by Gasteiger charge is -2.32. The lowest BCUT2D eigenvalue weighted by molar-refractivity contribution is 0.670. The van der Waals surface area contributed by atoms with E-state index in [0.717, 1.165) is 50.1 Å². The highest BCUT2D eigenvalue weighted by atomic mass is 16.3. The molecule has 0 amide bonds. The minimum atomic E-state index is -0.404. The predicted molar refractivity (Wildman–Crippen MR) is 236 cm³/mol. The molecule has 0 bridgehead atoms. The van der Waals surface area contributed by atoms with Gasteiger partial charge in [-0.05, 0) is 104 Å². The number of benzene rings is 9. The van der Waals surface area contributed by atoms with Gasteiger partial charge in [0.05, 0.1) is 5.41 Å². The van der Waals surface area contributed by atoms with Crippen molar-refractivity contribution in [3.63, 3.8) is 0 Å². The van der Waals surface area contributed by atoms with Crippen molar-refractivity contribution in [3.05, 3.63) is 235 Å². The van der Waals surface area contributed by atoms with Gasteiger partial charge in [0, 0.05) is 33.4 Å². The molecule has 0 saturated carbocycles. The van der Waals surface area contributed by atoms with E-state index in [2.05, 4.69) is 205 Å². The summed E-state index contributed by atoms with van der Waals surface area (Å²) in [7, 11) is 0. The van der Waals surface area contributed by atoms with Crippen LogP contribution in [0.4, 0.5) is 17.1 Å². The van der Waals surface area contributed by atoms with Gasteiger partial charge in [0.1, 0.15) is 11.2 Å². The second kappa shape index (κ2) is 12.3. The molecular formula is C55H35NO. The number of hydrogen-bond acceptors (Lipinski definition) is 2. The van der Waals surface area contributed by atoms with Gasteiger partial charge in [-0.3, -0.25) is 0 Å². The fourth-order valence-electron chi connectivity index (χ4n) is 9.97. The average molecular weight is 726 g/mol. The van der Waals surface area contributed by atoms with E-state index in [9.17, 15) is 0 Å². The highest BCUT2D eigenvalue weighted by Crippen LogP contribution is 2.64. The Bertz CT molecular complexity index is 3110. The standard InChI is InChI=1S/C55H35NO/c1-2-14-38(15-3-1)56(40-34-30-37(31-35-40)42-21-13-23-48-46-19-7-11-27-52(46)57-54(42)48)39-32-28-36(29-33-39)41-20-12-22-47-45-18-6-10-26-51(45)55(53(41)47)49-24-8-4-16-43(49)44-17-5-9-25-50(44)55/h1-35H. The fourth-order valence-corrected chi connectivity index (χ4v) is 9.97. The maximum Gasteiger partial charge on any atom is 0.143 e. The van der Waals surface area contributed by atoms with Crippen molar-refractivity contribution in [3.8, 4) is 44.5 Å². The normalized spacial score (nSPS) is 13.1. The van der Waals surface area contributed by atoms with Crippen LogP contribution >= 0.6 is 0 Å². The molecule has 0 N–H and O–H groups in total. The highest BCUT2D eigenvalue weighted by molar-refractivity contribution is 6.09. The second-order valence-electron chi connectivity index (χ2n) is 15.2. The molecule has 1 spiro atoms. The van der Waals surface area contributed by atoms with Gasteiger partial charge < -0.3 is 9.32 Å². The van der Waals surface area contributed by atoms with Crippen LogP contribution in [0.25, 0.3) is 66.4 Å². The Hall–Kier alpha value is -7.42. The van der Waals surface area contributed by atoms with E-state index in [1.807, 2.05) is 12.1 Å². The minimum Gasteiger partial charge on any atom is -0.455 e. The van der Waals surface area contributed by atoms with Crippen molar-refractivity contribution in [1.82, 2.24) is 0 Å². The Kier molecular flexibility index (Phi) is 6.88. The van der Waals surface area contributed by atoms with Crippen LogP contribution in [0.5, 0.6) is 0 Å². The summed E-state index contributed by atoms with van der Waals surface area (Å²) in [6.45, 7) is 0. The minimum absolute atomic E-state index is 0.404. The average Bonchev–Trinajstić information content (AvgIpc) is 3.92. The first-order valence-electron chi connectivity index (χ1n) is 19.7. The molecule has 0 radical (unpaired) electrons. The molecule has 57 heavy (non-hydrogen) atoms. The van der Waals surface area contributed by atoms with Crippen LogP contribution in [0, 0.1) is 0 Å². The summed E-state index contributed by atoms with van der Waals surface area (Å²) in [5.74, 6) is 0. The fraction of sp³-hybridized carbons (Fsp3) is 0.0182. The SMILES string of the molecule is c1ccc(N(c2ccc(-c3cccc4c3C3(c5ccccc5-c5ccccc53)c3ccccc3-4)cc2)c2ccc(-c3cccc4c3oc3ccccc34)cc2)cc1. The lowest BCUT2D eigenvalue weighted by atomic mass is 9.68. The smallest absolute Gasteiger partial charge is 0.143 e.